The van der Waals surface area contributed by atoms with Crippen LogP contribution in [0.5, 0.6) is 0 Å². The van der Waals surface area contributed by atoms with Gasteiger partial charge in [0, 0.05) is 30.2 Å². The Labute approximate surface area is 145 Å². The number of hydrogen-bond donors (Lipinski definition) is 3. The van der Waals surface area contributed by atoms with E-state index in [1.807, 2.05) is 36.4 Å². The highest BCUT2D eigenvalue weighted by Crippen LogP contribution is 2.32. The molecule has 0 aromatic heterocycles. The summed E-state index contributed by atoms with van der Waals surface area (Å²) in [5, 5.41) is 24.4. The van der Waals surface area contributed by atoms with Gasteiger partial charge in [-0.05, 0) is 23.8 Å². The molecule has 5 nitrogen and oxygen atoms in total. The van der Waals surface area contributed by atoms with E-state index in [4.69, 9.17) is 11.6 Å². The van der Waals surface area contributed by atoms with Gasteiger partial charge in [-0.25, -0.2) is 0 Å². The average Bonchev–Trinajstić information content (AvgIpc) is 2.91. The van der Waals surface area contributed by atoms with E-state index in [1.54, 1.807) is 23.1 Å². The number of halogens is 1. The number of hydrogen-bond acceptors (Lipinski definition) is 4. The van der Waals surface area contributed by atoms with Crippen molar-refractivity contribution >= 4 is 23.2 Å². The van der Waals surface area contributed by atoms with Crippen LogP contribution in [0, 0.1) is 0 Å². The van der Waals surface area contributed by atoms with Crippen LogP contribution in [-0.4, -0.2) is 34.5 Å². The Morgan fingerprint density at radius 2 is 1.88 bits per heavy atom. The van der Waals surface area contributed by atoms with Gasteiger partial charge in [0.1, 0.15) is 0 Å². The molecule has 1 amide bonds. The minimum Gasteiger partial charge on any atom is -0.376 e. The lowest BCUT2D eigenvalue weighted by molar-refractivity contribution is -0.148. The topological polar surface area (TPSA) is 72.8 Å². The largest absolute Gasteiger partial charge is 0.376 e. The zero-order valence-electron chi connectivity index (χ0n) is 13.0. The van der Waals surface area contributed by atoms with Crippen molar-refractivity contribution in [2.24, 2.45) is 0 Å². The maximum absolute atomic E-state index is 12.4. The lowest BCUT2D eigenvalue weighted by atomic mass is 10.00. The van der Waals surface area contributed by atoms with Crippen LogP contribution < -0.4 is 10.2 Å². The quantitative estimate of drug-likeness (QED) is 0.791. The Hall–Kier alpha value is -2.08. The molecule has 0 bridgehead atoms. The number of para-hydroxylation sites is 1. The molecular weight excluding hydrogens is 328 g/mol. The molecule has 0 spiro atoms. The number of benzene rings is 2. The average molecular weight is 347 g/mol. The van der Waals surface area contributed by atoms with Crippen molar-refractivity contribution in [3.8, 4) is 0 Å². The van der Waals surface area contributed by atoms with Crippen LogP contribution in [0.4, 0.5) is 5.69 Å². The van der Waals surface area contributed by atoms with Crippen LogP contribution in [0.3, 0.4) is 0 Å². The molecule has 2 aromatic carbocycles. The fourth-order valence-electron chi connectivity index (χ4n) is 2.89. The molecule has 0 aliphatic carbocycles. The van der Waals surface area contributed by atoms with E-state index in [-0.39, 0.29) is 13.0 Å². The fraction of sp³-hybridized carbons (Fsp3) is 0.278. The van der Waals surface area contributed by atoms with Crippen molar-refractivity contribution in [3.63, 3.8) is 0 Å². The van der Waals surface area contributed by atoms with Crippen LogP contribution >= 0.6 is 11.6 Å². The summed E-state index contributed by atoms with van der Waals surface area (Å²) in [6, 6.07) is 16.4. The number of carbonyl (C=O) groups is 1. The molecule has 1 heterocycles. The lowest BCUT2D eigenvalue weighted by Gasteiger charge is -2.30. The van der Waals surface area contributed by atoms with E-state index in [1.165, 1.54) is 0 Å². The third-order valence-corrected chi connectivity index (χ3v) is 4.70. The third kappa shape index (κ3) is 3.11. The van der Waals surface area contributed by atoms with Crippen LogP contribution in [0.15, 0.2) is 54.6 Å². The predicted molar refractivity (Wildman–Crippen MR) is 92.7 cm³/mol. The molecule has 3 rings (SSSR count). The van der Waals surface area contributed by atoms with E-state index in [0.717, 1.165) is 11.3 Å². The van der Waals surface area contributed by atoms with Crippen LogP contribution in [0.1, 0.15) is 12.0 Å². The molecule has 1 aliphatic rings. The second-order valence-electron chi connectivity index (χ2n) is 5.85. The normalized spacial score (nSPS) is 23.3. The van der Waals surface area contributed by atoms with Gasteiger partial charge in [-0.3, -0.25) is 4.79 Å². The Morgan fingerprint density at radius 1 is 1.21 bits per heavy atom. The second-order valence-corrected chi connectivity index (χ2v) is 6.26. The van der Waals surface area contributed by atoms with Gasteiger partial charge in [0.05, 0.1) is 0 Å². The summed E-state index contributed by atoms with van der Waals surface area (Å²) < 4.78 is 0. The van der Waals surface area contributed by atoms with Crippen molar-refractivity contribution in [2.75, 3.05) is 11.4 Å². The second kappa shape index (κ2) is 6.81. The molecule has 1 saturated heterocycles. The zero-order valence-corrected chi connectivity index (χ0v) is 13.8. The molecule has 1 fully saturated rings. The molecule has 24 heavy (non-hydrogen) atoms. The van der Waals surface area contributed by atoms with Gasteiger partial charge in [0.2, 0.25) is 0 Å². The van der Waals surface area contributed by atoms with Gasteiger partial charge in [0.15, 0.2) is 11.8 Å². The number of aliphatic hydroxyl groups excluding tert-OH is 1. The summed E-state index contributed by atoms with van der Waals surface area (Å²) in [7, 11) is 0. The molecule has 3 N–H and O–H groups in total. The molecule has 1 aliphatic heterocycles. The molecule has 2 aromatic rings. The number of nitrogens with zero attached hydrogens (tertiary/aromatic N) is 1. The minimum atomic E-state index is -1.85. The van der Waals surface area contributed by atoms with Gasteiger partial charge < -0.3 is 20.4 Å². The summed E-state index contributed by atoms with van der Waals surface area (Å²) in [6.45, 7) is 0.583. The standard InChI is InChI=1S/C18H19ClN2O3/c19-15-9-5-4-6-13(15)12-20-16(22)18(24)10-11-21(17(18)23)14-7-2-1-3-8-14/h1-9,17,23-24H,10-12H2,(H,20,22)/t17?,18-/m0/s1. The number of aliphatic hydroxyl groups is 2. The van der Waals surface area contributed by atoms with Crippen molar-refractivity contribution in [1.29, 1.82) is 0 Å². The van der Waals surface area contributed by atoms with E-state index >= 15 is 0 Å². The first-order chi connectivity index (χ1) is 11.5. The van der Waals surface area contributed by atoms with Crippen LogP contribution in [0.25, 0.3) is 0 Å². The van der Waals surface area contributed by atoms with E-state index < -0.39 is 17.7 Å². The highest BCUT2D eigenvalue weighted by atomic mass is 35.5. The molecule has 1 unspecified atom stereocenters. The number of nitrogens with one attached hydrogen (secondary N) is 1. The molecule has 0 saturated carbocycles. The third-order valence-electron chi connectivity index (χ3n) is 4.33. The van der Waals surface area contributed by atoms with E-state index in [2.05, 4.69) is 5.32 Å². The van der Waals surface area contributed by atoms with Gasteiger partial charge in [0.25, 0.3) is 5.91 Å². The summed E-state index contributed by atoms with van der Waals surface area (Å²) in [6.07, 6.45) is -1.15. The highest BCUT2D eigenvalue weighted by Gasteiger charge is 2.51. The van der Waals surface area contributed by atoms with Crippen LogP contribution in [0.2, 0.25) is 5.02 Å². The number of anilines is 1. The number of amides is 1. The summed E-state index contributed by atoms with van der Waals surface area (Å²) in [4.78, 5) is 14.1. The van der Waals surface area contributed by atoms with Gasteiger partial charge in [-0.1, -0.05) is 48.0 Å². The first kappa shape index (κ1) is 16.8. The minimum absolute atomic E-state index is 0.150. The zero-order chi connectivity index (χ0) is 17.2. The van der Waals surface area contributed by atoms with Gasteiger partial charge in [-0.2, -0.15) is 0 Å². The molecular formula is C18H19ClN2O3. The lowest BCUT2D eigenvalue weighted by Crippen LogP contribution is -2.55. The fourth-order valence-corrected chi connectivity index (χ4v) is 3.09. The smallest absolute Gasteiger partial charge is 0.257 e. The molecule has 6 heteroatoms. The van der Waals surface area contributed by atoms with Gasteiger partial charge >= 0.3 is 0 Å². The first-order valence-corrected chi connectivity index (χ1v) is 8.14. The Kier molecular flexibility index (Phi) is 4.76. The highest BCUT2D eigenvalue weighted by molar-refractivity contribution is 6.31. The van der Waals surface area contributed by atoms with Crippen molar-refractivity contribution in [2.45, 2.75) is 24.8 Å². The monoisotopic (exact) mass is 346 g/mol. The number of rotatable bonds is 4. The Bertz CT molecular complexity index is 725. The predicted octanol–water partition coefficient (Wildman–Crippen LogP) is 1.92. The maximum Gasteiger partial charge on any atom is 0.257 e. The number of carbonyl (C=O) groups excluding carboxylic acids is 1. The molecule has 126 valence electrons. The van der Waals surface area contributed by atoms with Crippen molar-refractivity contribution in [3.05, 3.63) is 65.2 Å². The summed E-state index contributed by atoms with van der Waals surface area (Å²) in [5.41, 5.74) is -0.333. The molecule has 0 radical (unpaired) electrons. The van der Waals surface area contributed by atoms with E-state index in [0.29, 0.717) is 11.6 Å². The van der Waals surface area contributed by atoms with Gasteiger partial charge in [-0.15, -0.1) is 0 Å². The van der Waals surface area contributed by atoms with Crippen molar-refractivity contribution < 1.29 is 15.0 Å². The summed E-state index contributed by atoms with van der Waals surface area (Å²) >= 11 is 6.06. The first-order valence-electron chi connectivity index (χ1n) is 7.76. The van der Waals surface area contributed by atoms with Crippen LogP contribution in [-0.2, 0) is 11.3 Å². The van der Waals surface area contributed by atoms with Crippen molar-refractivity contribution in [1.82, 2.24) is 5.32 Å². The Balaban J connectivity index is 1.69. The maximum atomic E-state index is 12.4. The van der Waals surface area contributed by atoms with E-state index in [9.17, 15) is 15.0 Å². The Morgan fingerprint density at radius 3 is 2.58 bits per heavy atom. The molecule has 2 atom stereocenters. The SMILES string of the molecule is O=C(NCc1ccccc1Cl)[C@@]1(O)CCN(c2ccccc2)C1O. The summed E-state index contributed by atoms with van der Waals surface area (Å²) in [5.74, 6) is -0.603.